The molecule has 2 aromatic carbocycles. The molecule has 1 aromatic heterocycles. The van der Waals surface area contributed by atoms with Gasteiger partial charge < -0.3 is 40.2 Å². The predicted octanol–water partition coefficient (Wildman–Crippen LogP) is 9.37. The lowest BCUT2D eigenvalue weighted by molar-refractivity contribution is -0.137. The summed E-state index contributed by atoms with van der Waals surface area (Å²) in [7, 11) is 2.67. The molecule has 3 heterocycles. The first kappa shape index (κ1) is 50.5. The molecule has 0 radical (unpaired) electrons. The molecular formula is C54H73N7O6S2. The zero-order chi connectivity index (χ0) is 48.6. The number of hydrogen-bond donors (Lipinski definition) is 4. The molecule has 13 nitrogen and oxygen atoms in total. The number of likely N-dealkylation sites (tertiary alicyclic amines) is 2. The Kier molecular flexibility index (Phi) is 17.1. The Labute approximate surface area is 417 Å². The number of amides is 4. The molecule has 4 amide bonds. The number of carbonyl (C=O) groups is 4. The number of aromatic nitrogens is 2. The monoisotopic (exact) mass is 980 g/mol. The summed E-state index contributed by atoms with van der Waals surface area (Å²) in [5.74, 6) is 3.01. The lowest BCUT2D eigenvalue weighted by atomic mass is 9.84. The molecule has 4 bridgehead atoms. The van der Waals surface area contributed by atoms with Crippen LogP contribution in [0.25, 0.3) is 16.8 Å². The average molecular weight is 980 g/mol. The number of thioether (sulfide) groups is 2. The van der Waals surface area contributed by atoms with Crippen molar-refractivity contribution in [2.75, 3.05) is 38.2 Å². The second-order valence-corrected chi connectivity index (χ2v) is 21.8. The maximum atomic E-state index is 14.5. The second-order valence-electron chi connectivity index (χ2n) is 19.8. The van der Waals surface area contributed by atoms with Gasteiger partial charge in [0.2, 0.25) is 11.8 Å². The van der Waals surface area contributed by atoms with Crippen molar-refractivity contribution in [3.05, 3.63) is 94.7 Å². The van der Waals surface area contributed by atoms with Gasteiger partial charge in [-0.15, -0.1) is 0 Å². The van der Waals surface area contributed by atoms with Gasteiger partial charge in [-0.2, -0.15) is 23.5 Å². The van der Waals surface area contributed by atoms with Crippen molar-refractivity contribution < 1.29 is 28.7 Å². The Bertz CT molecular complexity index is 2370. The lowest BCUT2D eigenvalue weighted by Gasteiger charge is -2.37. The molecule has 2 saturated carbocycles. The van der Waals surface area contributed by atoms with Crippen LogP contribution in [0.4, 0.5) is 9.59 Å². The van der Waals surface area contributed by atoms with Crippen molar-refractivity contribution in [3.63, 3.8) is 0 Å². The summed E-state index contributed by atoms with van der Waals surface area (Å²) < 4.78 is 9.88. The molecule has 3 aromatic rings. The zero-order valence-electron chi connectivity index (χ0n) is 41.3. The van der Waals surface area contributed by atoms with E-state index < -0.39 is 24.3 Å². The van der Waals surface area contributed by atoms with Crippen LogP contribution in [0.3, 0.4) is 0 Å². The highest BCUT2D eigenvalue weighted by Crippen LogP contribution is 2.47. The van der Waals surface area contributed by atoms with Crippen molar-refractivity contribution in [2.45, 2.75) is 146 Å². The van der Waals surface area contributed by atoms with Crippen LogP contribution in [0.5, 0.6) is 0 Å². The summed E-state index contributed by atoms with van der Waals surface area (Å²) >= 11 is 3.32. The van der Waals surface area contributed by atoms with Crippen LogP contribution < -0.4 is 16.0 Å². The predicted molar refractivity (Wildman–Crippen MR) is 277 cm³/mol. The first-order valence-electron chi connectivity index (χ1n) is 25.2. The van der Waals surface area contributed by atoms with Crippen LogP contribution in [0.2, 0.25) is 0 Å². The number of aromatic amines is 1. The summed E-state index contributed by atoms with van der Waals surface area (Å²) in [6.45, 7) is 6.69. The van der Waals surface area contributed by atoms with Gasteiger partial charge in [0.15, 0.2) is 0 Å². The van der Waals surface area contributed by atoms with E-state index in [9.17, 15) is 19.2 Å². The van der Waals surface area contributed by atoms with Crippen molar-refractivity contribution in [1.29, 1.82) is 0 Å². The number of hydrogen-bond acceptors (Lipinski definition) is 10. The van der Waals surface area contributed by atoms with Gasteiger partial charge >= 0.3 is 12.2 Å². The molecule has 11 rings (SSSR count). The minimum atomic E-state index is -0.662. The van der Waals surface area contributed by atoms with Gasteiger partial charge in [-0.3, -0.25) is 9.59 Å². The number of nitrogens with zero attached hydrogens (tertiary/aromatic N) is 3. The number of benzene rings is 2. The van der Waals surface area contributed by atoms with Crippen LogP contribution in [0.15, 0.2) is 61.1 Å². The standard InChI is InChI=1S/C54H73N7O6S2/c1-33(31-55-34(2)48-29-39-11-7-9-13-46(39)60(48)51(62)43(23-25-68-5)58-53(64)66-3)41-27-35-15-19-37(41)20-16-36-18-22-38(21-17-35)42(28-36)45-32-56-50(57-45)49-30-40-12-8-10-14-47(40)61(49)52(63)44(24-26-69-6)59-54(65)67-4/h15,18-19,22,27-28,31-32,39-40,43-44,46-49,55H,2,7-14,16-17,20-21,23-26,29-30H2,1,3-6H3,(H,56,57)(H,58,64)(H,59,65)/b33-31+. The second kappa shape index (κ2) is 23.3. The number of allylic oxidation sites excluding steroid dienone is 1. The Morgan fingerprint density at radius 1 is 0.783 bits per heavy atom. The largest absolute Gasteiger partial charge is 0.453 e. The van der Waals surface area contributed by atoms with Crippen LogP contribution >= 0.6 is 23.5 Å². The van der Waals surface area contributed by atoms with Gasteiger partial charge in [0.1, 0.15) is 17.9 Å². The Balaban J connectivity index is 0.993. The quantitative estimate of drug-likeness (QED) is 0.109. The van der Waals surface area contributed by atoms with E-state index >= 15 is 0 Å². The van der Waals surface area contributed by atoms with Gasteiger partial charge in [0.05, 0.1) is 32.0 Å². The molecule has 4 fully saturated rings. The van der Waals surface area contributed by atoms with E-state index in [0.717, 1.165) is 117 Å². The first-order valence-corrected chi connectivity index (χ1v) is 28.0. The molecule has 372 valence electrons. The van der Waals surface area contributed by atoms with E-state index in [1.54, 1.807) is 23.5 Å². The Morgan fingerprint density at radius 3 is 1.99 bits per heavy atom. The van der Waals surface area contributed by atoms with Crippen LogP contribution in [0, 0.1) is 11.8 Å². The van der Waals surface area contributed by atoms with E-state index in [2.05, 4.69) is 81.9 Å². The fourth-order valence-electron chi connectivity index (χ4n) is 12.0. The van der Waals surface area contributed by atoms with Gasteiger partial charge in [0.25, 0.3) is 0 Å². The summed E-state index contributed by atoms with van der Waals surface area (Å²) in [5, 5.41) is 9.27. The fourth-order valence-corrected chi connectivity index (χ4v) is 13.0. The fraction of sp³-hybridized carbons (Fsp3) is 0.574. The van der Waals surface area contributed by atoms with Crippen molar-refractivity contribution >= 4 is 53.1 Å². The summed E-state index contributed by atoms with van der Waals surface area (Å²) in [6, 6.07) is 12.3. The smallest absolute Gasteiger partial charge is 0.407 e. The van der Waals surface area contributed by atoms with Gasteiger partial charge in [-0.1, -0.05) is 62.6 Å². The molecule has 8 unspecified atom stereocenters. The van der Waals surface area contributed by atoms with Gasteiger partial charge in [-0.25, -0.2) is 14.6 Å². The lowest BCUT2D eigenvalue weighted by Crippen LogP contribution is -2.54. The number of fused-ring (bicyclic) bond motifs is 2. The molecule has 15 heteroatoms. The number of H-pyrrole nitrogens is 1. The number of alkyl carbamates (subject to hydrolysis) is 2. The number of ether oxygens (including phenoxy) is 2. The van der Waals surface area contributed by atoms with Gasteiger partial charge in [0, 0.05) is 35.7 Å². The highest BCUT2D eigenvalue weighted by atomic mass is 32.2. The first-order chi connectivity index (χ1) is 33.5. The van der Waals surface area contributed by atoms with Crippen LogP contribution in [-0.2, 0) is 44.7 Å². The maximum absolute atomic E-state index is 14.5. The molecule has 8 atom stereocenters. The van der Waals surface area contributed by atoms with E-state index in [-0.39, 0.29) is 36.0 Å². The highest BCUT2D eigenvalue weighted by molar-refractivity contribution is 7.98. The van der Waals surface area contributed by atoms with E-state index in [1.807, 2.05) is 23.6 Å². The minimum Gasteiger partial charge on any atom is -0.453 e. The number of carbonyl (C=O) groups excluding carboxylic acids is 4. The van der Waals surface area contributed by atoms with E-state index in [4.69, 9.17) is 14.5 Å². The summed E-state index contributed by atoms with van der Waals surface area (Å²) in [4.78, 5) is 66.7. The Hall–Kier alpha value is -4.89. The van der Waals surface area contributed by atoms with Crippen molar-refractivity contribution in [3.8, 4) is 11.3 Å². The highest BCUT2D eigenvalue weighted by Gasteiger charge is 2.49. The molecule has 2 saturated heterocycles. The van der Waals surface area contributed by atoms with Crippen LogP contribution in [0.1, 0.15) is 124 Å². The van der Waals surface area contributed by atoms with Gasteiger partial charge in [-0.05, 0) is 159 Å². The number of aryl methyl sites for hydroxylation is 4. The van der Waals surface area contributed by atoms with Crippen molar-refractivity contribution in [1.82, 2.24) is 35.7 Å². The summed E-state index contributed by atoms with van der Waals surface area (Å²) in [5.41, 5.74) is 10.1. The number of methoxy groups -OCH3 is 2. The molecule has 69 heavy (non-hydrogen) atoms. The molecule has 8 aliphatic rings. The third-order valence-electron chi connectivity index (χ3n) is 15.7. The molecule has 6 aliphatic carbocycles. The number of imidazole rings is 1. The number of rotatable bonds is 16. The average Bonchev–Trinajstić information content (AvgIpc) is 4.12. The van der Waals surface area contributed by atoms with E-state index in [0.29, 0.717) is 24.7 Å². The van der Waals surface area contributed by atoms with Crippen LogP contribution in [-0.4, -0.2) is 112 Å². The molecular weight excluding hydrogens is 907 g/mol. The van der Waals surface area contributed by atoms with Crippen molar-refractivity contribution in [2.24, 2.45) is 11.8 Å². The maximum Gasteiger partial charge on any atom is 0.407 e. The van der Waals surface area contributed by atoms with E-state index in [1.165, 1.54) is 54.9 Å². The molecule has 4 N–H and O–H groups in total. The number of nitrogens with one attached hydrogen (secondary N) is 4. The Morgan fingerprint density at radius 2 is 1.35 bits per heavy atom. The topological polar surface area (TPSA) is 158 Å². The summed E-state index contributed by atoms with van der Waals surface area (Å²) in [6.07, 6.45) is 21.7. The molecule has 0 spiro atoms. The molecule has 2 aliphatic heterocycles. The normalized spacial score (nSPS) is 24.0. The SMILES string of the molecule is C=C(N/C=C(\C)c1cc2ccc1CCc1ccc(c(-c3c[nH]c(C4CC5CCCCC5N4C(=O)C(CCSC)NC(=O)OC)n3)c1)CC2)C1CC2CCCCC2N1C(=O)C(CCSC)NC(=O)OC. The zero-order valence-corrected chi connectivity index (χ0v) is 42.9. The third kappa shape index (κ3) is 11.5. The third-order valence-corrected chi connectivity index (χ3v) is 17.0. The minimum absolute atomic E-state index is 0.0497.